The zero-order chi connectivity index (χ0) is 16.5. The molecule has 0 spiro atoms. The van der Waals surface area contributed by atoms with Crippen LogP contribution in [0.2, 0.25) is 0 Å². The lowest BCUT2D eigenvalue weighted by Gasteiger charge is -2.11. The van der Waals surface area contributed by atoms with E-state index >= 15 is 0 Å². The fourth-order valence-corrected chi connectivity index (χ4v) is 2.21. The molecule has 0 fully saturated rings. The van der Waals surface area contributed by atoms with E-state index in [0.29, 0.717) is 18.1 Å². The molecule has 24 heavy (non-hydrogen) atoms. The average Bonchev–Trinajstić information content (AvgIpc) is 2.58. The third-order valence-corrected chi connectivity index (χ3v) is 3.42. The average molecular weight is 352 g/mol. The van der Waals surface area contributed by atoms with Gasteiger partial charge in [0.2, 0.25) is 0 Å². The highest BCUT2D eigenvalue weighted by Crippen LogP contribution is 2.28. The first kappa shape index (κ1) is 20.0. The maximum Gasteiger partial charge on any atom is 0.161 e. The van der Waals surface area contributed by atoms with Crippen LogP contribution in [0.15, 0.2) is 55.1 Å². The Morgan fingerprint density at radius 2 is 1.79 bits per heavy atom. The Labute approximate surface area is 148 Å². The van der Waals surface area contributed by atoms with Crippen LogP contribution in [-0.4, -0.2) is 20.3 Å². The Morgan fingerprint density at radius 3 is 2.46 bits per heavy atom. The van der Waals surface area contributed by atoms with Gasteiger partial charge in [-0.15, -0.1) is 12.4 Å². The van der Waals surface area contributed by atoms with Gasteiger partial charge in [0.1, 0.15) is 12.4 Å². The van der Waals surface area contributed by atoms with Crippen molar-refractivity contribution < 1.29 is 13.9 Å². The minimum absolute atomic E-state index is 0. The van der Waals surface area contributed by atoms with Crippen molar-refractivity contribution in [2.45, 2.75) is 13.0 Å². The van der Waals surface area contributed by atoms with Crippen LogP contribution in [0.25, 0.3) is 0 Å². The molecule has 2 aromatic rings. The summed E-state index contributed by atoms with van der Waals surface area (Å²) < 4.78 is 23.7. The maximum absolute atomic E-state index is 12.8. The Hall–Kier alpha value is -2.04. The number of rotatable bonds is 9. The molecule has 0 saturated heterocycles. The van der Waals surface area contributed by atoms with Crippen LogP contribution < -0.4 is 14.8 Å². The first-order valence-corrected chi connectivity index (χ1v) is 7.58. The highest BCUT2D eigenvalue weighted by molar-refractivity contribution is 5.85. The minimum Gasteiger partial charge on any atom is -0.493 e. The van der Waals surface area contributed by atoms with E-state index in [-0.39, 0.29) is 18.2 Å². The topological polar surface area (TPSA) is 30.5 Å². The van der Waals surface area contributed by atoms with Gasteiger partial charge in [0.25, 0.3) is 0 Å². The van der Waals surface area contributed by atoms with E-state index in [4.69, 9.17) is 9.47 Å². The molecule has 0 aliphatic rings. The molecule has 1 N–H and O–H groups in total. The van der Waals surface area contributed by atoms with Gasteiger partial charge in [-0.05, 0) is 48.4 Å². The van der Waals surface area contributed by atoms with E-state index in [0.717, 1.165) is 30.6 Å². The third-order valence-electron chi connectivity index (χ3n) is 3.42. The zero-order valence-electron chi connectivity index (χ0n) is 13.8. The smallest absolute Gasteiger partial charge is 0.161 e. The molecule has 0 aliphatic heterocycles. The van der Waals surface area contributed by atoms with Crippen LogP contribution in [0, 0.1) is 5.82 Å². The molecule has 0 heterocycles. The predicted molar refractivity (Wildman–Crippen MR) is 97.7 cm³/mol. The summed E-state index contributed by atoms with van der Waals surface area (Å²) in [4.78, 5) is 0. The minimum atomic E-state index is -0.201. The molecule has 2 rings (SSSR count). The molecule has 0 unspecified atom stereocenters. The molecule has 0 aromatic heterocycles. The van der Waals surface area contributed by atoms with E-state index in [1.807, 2.05) is 30.3 Å². The number of benzene rings is 2. The van der Waals surface area contributed by atoms with Crippen molar-refractivity contribution in [3.05, 3.63) is 72.1 Å². The molecule has 130 valence electrons. The van der Waals surface area contributed by atoms with Crippen LogP contribution in [0.5, 0.6) is 11.5 Å². The third kappa shape index (κ3) is 6.22. The van der Waals surface area contributed by atoms with Crippen LogP contribution >= 0.6 is 12.4 Å². The summed E-state index contributed by atoms with van der Waals surface area (Å²) in [6.45, 7) is 5.64. The molecule has 0 atom stereocenters. The molecule has 0 bridgehead atoms. The van der Waals surface area contributed by atoms with Gasteiger partial charge in [-0.1, -0.05) is 30.9 Å². The Bertz CT molecular complexity index is 632. The highest BCUT2D eigenvalue weighted by Gasteiger charge is 2.05. The number of hydrogen-bond acceptors (Lipinski definition) is 3. The van der Waals surface area contributed by atoms with Gasteiger partial charge in [0.05, 0.1) is 7.11 Å². The second-order valence-electron chi connectivity index (χ2n) is 5.14. The molecule has 0 amide bonds. The summed E-state index contributed by atoms with van der Waals surface area (Å²) in [7, 11) is 1.63. The van der Waals surface area contributed by atoms with Crippen molar-refractivity contribution in [1.29, 1.82) is 0 Å². The van der Waals surface area contributed by atoms with Crippen LogP contribution in [-0.2, 0) is 13.0 Å². The van der Waals surface area contributed by atoms with Crippen LogP contribution in [0.3, 0.4) is 0 Å². The normalized spacial score (nSPS) is 9.92. The van der Waals surface area contributed by atoms with Gasteiger partial charge in [-0.2, -0.15) is 0 Å². The monoisotopic (exact) mass is 351 g/mol. The van der Waals surface area contributed by atoms with Crippen molar-refractivity contribution in [1.82, 2.24) is 5.32 Å². The summed E-state index contributed by atoms with van der Waals surface area (Å²) >= 11 is 0. The first-order valence-electron chi connectivity index (χ1n) is 7.58. The van der Waals surface area contributed by atoms with Crippen molar-refractivity contribution in [2.24, 2.45) is 0 Å². The fraction of sp³-hybridized carbons (Fsp3) is 0.263. The lowest BCUT2D eigenvalue weighted by atomic mass is 10.1. The van der Waals surface area contributed by atoms with Crippen LogP contribution in [0.1, 0.15) is 11.1 Å². The van der Waals surface area contributed by atoms with Crippen LogP contribution in [0.4, 0.5) is 4.39 Å². The second kappa shape index (κ2) is 10.7. The largest absolute Gasteiger partial charge is 0.493 e. The molecular weight excluding hydrogens is 329 g/mol. The number of hydrogen-bond donors (Lipinski definition) is 1. The maximum atomic E-state index is 12.8. The summed E-state index contributed by atoms with van der Waals surface area (Å²) in [6.07, 6.45) is 2.56. The number of methoxy groups -OCH3 is 1. The van der Waals surface area contributed by atoms with Crippen molar-refractivity contribution in [2.75, 3.05) is 20.3 Å². The molecule has 0 aliphatic carbocycles. The van der Waals surface area contributed by atoms with E-state index in [1.54, 1.807) is 13.2 Å². The van der Waals surface area contributed by atoms with E-state index in [1.165, 1.54) is 12.1 Å². The lowest BCUT2D eigenvalue weighted by molar-refractivity contribution is 0.326. The number of nitrogens with one attached hydrogen (secondary N) is 1. The lowest BCUT2D eigenvalue weighted by Crippen LogP contribution is -2.16. The summed E-state index contributed by atoms with van der Waals surface area (Å²) in [5, 5.41) is 3.37. The Balaban J connectivity index is 0.00000288. The number of halogens is 2. The van der Waals surface area contributed by atoms with Crippen molar-refractivity contribution >= 4 is 12.4 Å². The van der Waals surface area contributed by atoms with E-state index in [9.17, 15) is 4.39 Å². The summed E-state index contributed by atoms with van der Waals surface area (Å²) in [5.74, 6) is 1.22. The molecule has 5 heteroatoms. The van der Waals surface area contributed by atoms with Gasteiger partial charge in [0, 0.05) is 6.54 Å². The van der Waals surface area contributed by atoms with E-state index < -0.39 is 0 Å². The van der Waals surface area contributed by atoms with Gasteiger partial charge >= 0.3 is 0 Å². The quantitative estimate of drug-likeness (QED) is 0.543. The van der Waals surface area contributed by atoms with Crippen molar-refractivity contribution in [3.63, 3.8) is 0 Å². The second-order valence-corrected chi connectivity index (χ2v) is 5.14. The first-order chi connectivity index (χ1) is 11.2. The van der Waals surface area contributed by atoms with Gasteiger partial charge in [0.15, 0.2) is 11.5 Å². The van der Waals surface area contributed by atoms with Crippen molar-refractivity contribution in [3.8, 4) is 11.5 Å². The number of ether oxygens (including phenoxy) is 2. The predicted octanol–water partition coefficient (Wildman–Crippen LogP) is 4.15. The molecule has 0 radical (unpaired) electrons. The SMILES string of the molecule is C=CCOc1ccc(CNCCc2ccc(F)cc2)cc1OC.Cl. The van der Waals surface area contributed by atoms with E-state index in [2.05, 4.69) is 11.9 Å². The molecule has 3 nitrogen and oxygen atoms in total. The molecular formula is C19H23ClFNO2. The van der Waals surface area contributed by atoms with Gasteiger partial charge < -0.3 is 14.8 Å². The summed E-state index contributed by atoms with van der Waals surface area (Å²) in [5.41, 5.74) is 2.23. The van der Waals surface area contributed by atoms with Gasteiger partial charge in [-0.3, -0.25) is 0 Å². The Morgan fingerprint density at radius 1 is 1.08 bits per heavy atom. The summed E-state index contributed by atoms with van der Waals surface area (Å²) in [6, 6.07) is 12.5. The fourth-order valence-electron chi connectivity index (χ4n) is 2.21. The zero-order valence-corrected chi connectivity index (χ0v) is 14.6. The Kier molecular flexibility index (Phi) is 8.90. The highest BCUT2D eigenvalue weighted by atomic mass is 35.5. The molecule has 2 aromatic carbocycles. The standard InChI is InChI=1S/C19H22FNO2.ClH/c1-3-12-23-18-9-6-16(13-19(18)22-2)14-21-11-10-15-4-7-17(20)8-5-15;/h3-9,13,21H,1,10-12,14H2,2H3;1H. The molecule has 0 saturated carbocycles. The van der Waals surface area contributed by atoms with Gasteiger partial charge in [-0.25, -0.2) is 4.39 Å².